The van der Waals surface area contributed by atoms with Crippen LogP contribution in [0, 0.1) is 5.95 Å². The third-order valence-electron chi connectivity index (χ3n) is 1.44. The van der Waals surface area contributed by atoms with Crippen LogP contribution in [-0.4, -0.2) is 18.1 Å². The molecule has 0 atom stereocenters. The first kappa shape index (κ1) is 10.1. The van der Waals surface area contributed by atoms with E-state index < -0.39 is 11.9 Å². The summed E-state index contributed by atoms with van der Waals surface area (Å²) >= 11 is 3.13. The van der Waals surface area contributed by atoms with Crippen LogP contribution in [0.3, 0.4) is 0 Å². The Hall–Kier alpha value is -0.970. The van der Waals surface area contributed by atoms with Gasteiger partial charge in [0, 0.05) is 16.2 Å². The van der Waals surface area contributed by atoms with Crippen LogP contribution in [0.15, 0.2) is 16.7 Å². The maximum atomic E-state index is 12.9. The van der Waals surface area contributed by atoms with Crippen LogP contribution in [0.4, 0.5) is 4.39 Å². The van der Waals surface area contributed by atoms with Gasteiger partial charge in [-0.3, -0.25) is 4.79 Å². The van der Waals surface area contributed by atoms with Crippen molar-refractivity contribution in [1.82, 2.24) is 4.98 Å². The minimum absolute atomic E-state index is 0.102. The van der Waals surface area contributed by atoms with Crippen molar-refractivity contribution < 1.29 is 13.9 Å². The molecule has 0 N–H and O–H groups in total. The molecule has 0 aliphatic carbocycles. The summed E-state index contributed by atoms with van der Waals surface area (Å²) in [5, 5.41) is 0. The molecule has 3 nitrogen and oxygen atoms in total. The smallest absolute Gasteiger partial charge is 0.310 e. The van der Waals surface area contributed by atoms with E-state index in [2.05, 4.69) is 25.7 Å². The van der Waals surface area contributed by atoms with Crippen LogP contribution in [0.2, 0.25) is 0 Å². The van der Waals surface area contributed by atoms with Crippen LogP contribution in [0.5, 0.6) is 0 Å². The third-order valence-corrected chi connectivity index (χ3v) is 1.87. The van der Waals surface area contributed by atoms with Crippen molar-refractivity contribution in [2.45, 2.75) is 6.42 Å². The summed E-state index contributed by atoms with van der Waals surface area (Å²) < 4.78 is 18.0. The zero-order chi connectivity index (χ0) is 9.84. The van der Waals surface area contributed by atoms with Gasteiger partial charge in [-0.15, -0.1) is 0 Å². The second kappa shape index (κ2) is 4.32. The third kappa shape index (κ3) is 2.77. The second-order valence-corrected chi connectivity index (χ2v) is 3.27. The van der Waals surface area contributed by atoms with E-state index in [1.54, 1.807) is 0 Å². The predicted molar refractivity (Wildman–Crippen MR) is 47.6 cm³/mol. The van der Waals surface area contributed by atoms with Gasteiger partial charge in [0.2, 0.25) is 5.95 Å². The number of rotatable bonds is 2. The number of aromatic nitrogens is 1. The highest BCUT2D eigenvalue weighted by molar-refractivity contribution is 9.10. The van der Waals surface area contributed by atoms with Gasteiger partial charge in [-0.25, -0.2) is 4.98 Å². The maximum absolute atomic E-state index is 12.9. The van der Waals surface area contributed by atoms with Gasteiger partial charge in [-0.05, 0) is 22.0 Å². The fourth-order valence-electron chi connectivity index (χ4n) is 0.816. The van der Waals surface area contributed by atoms with Gasteiger partial charge in [0.25, 0.3) is 0 Å². The van der Waals surface area contributed by atoms with E-state index in [4.69, 9.17) is 0 Å². The molecule has 0 amide bonds. The van der Waals surface area contributed by atoms with Crippen molar-refractivity contribution >= 4 is 21.9 Å². The Morgan fingerprint density at radius 3 is 3.08 bits per heavy atom. The van der Waals surface area contributed by atoms with Crippen molar-refractivity contribution in [1.29, 1.82) is 0 Å². The largest absolute Gasteiger partial charge is 0.469 e. The standard InChI is InChI=1S/C8H7BrFNO2/c1-13-7(12)3-5-2-6(9)4-11-8(5)10/h2,4H,3H2,1H3. The van der Waals surface area contributed by atoms with E-state index in [0.29, 0.717) is 4.47 Å². The molecular weight excluding hydrogens is 241 g/mol. The first-order chi connectivity index (χ1) is 6.13. The Morgan fingerprint density at radius 2 is 2.46 bits per heavy atom. The molecule has 0 aliphatic rings. The molecule has 1 heterocycles. The Bertz CT molecular complexity index is 330. The van der Waals surface area contributed by atoms with Gasteiger partial charge in [0.1, 0.15) is 0 Å². The summed E-state index contributed by atoms with van der Waals surface area (Å²) in [6, 6.07) is 1.50. The molecule has 0 unspecified atom stereocenters. The molecule has 0 saturated carbocycles. The van der Waals surface area contributed by atoms with Crippen LogP contribution in [0.1, 0.15) is 5.56 Å². The van der Waals surface area contributed by atoms with Gasteiger partial charge in [-0.2, -0.15) is 4.39 Å². The van der Waals surface area contributed by atoms with Crippen LogP contribution >= 0.6 is 15.9 Å². The van der Waals surface area contributed by atoms with Gasteiger partial charge < -0.3 is 4.74 Å². The Labute approximate surface area is 83.1 Å². The highest BCUT2D eigenvalue weighted by atomic mass is 79.9. The van der Waals surface area contributed by atoms with Crippen LogP contribution in [0.25, 0.3) is 0 Å². The first-order valence-corrected chi connectivity index (χ1v) is 4.29. The molecule has 0 fully saturated rings. The van der Waals surface area contributed by atoms with Crippen LogP contribution < -0.4 is 0 Å². The molecule has 1 rings (SSSR count). The lowest BCUT2D eigenvalue weighted by molar-refractivity contribution is -0.139. The van der Waals surface area contributed by atoms with E-state index in [9.17, 15) is 9.18 Å². The molecule has 0 aliphatic heterocycles. The minimum Gasteiger partial charge on any atom is -0.469 e. The van der Waals surface area contributed by atoms with Gasteiger partial charge in [0.05, 0.1) is 13.5 Å². The number of hydrogen-bond donors (Lipinski definition) is 0. The number of carbonyl (C=O) groups excluding carboxylic acids is 1. The fraction of sp³-hybridized carbons (Fsp3) is 0.250. The van der Waals surface area contributed by atoms with E-state index in [1.807, 2.05) is 0 Å². The van der Waals surface area contributed by atoms with Crippen LogP contribution in [-0.2, 0) is 16.0 Å². The summed E-state index contributed by atoms with van der Waals surface area (Å²) in [7, 11) is 1.26. The molecule has 5 heteroatoms. The molecule has 1 aromatic heterocycles. The number of ether oxygens (including phenoxy) is 1. The molecule has 0 spiro atoms. The SMILES string of the molecule is COC(=O)Cc1cc(Br)cnc1F. The summed E-state index contributed by atoms with van der Waals surface area (Å²) in [5.74, 6) is -1.13. The van der Waals surface area contributed by atoms with Crippen molar-refractivity contribution in [3.63, 3.8) is 0 Å². The van der Waals surface area contributed by atoms with E-state index in [1.165, 1.54) is 19.4 Å². The lowest BCUT2D eigenvalue weighted by atomic mass is 10.2. The fourth-order valence-corrected chi connectivity index (χ4v) is 1.19. The second-order valence-electron chi connectivity index (χ2n) is 2.36. The van der Waals surface area contributed by atoms with Crippen molar-refractivity contribution in [3.8, 4) is 0 Å². The maximum Gasteiger partial charge on any atom is 0.310 e. The number of carbonyl (C=O) groups is 1. The zero-order valence-electron chi connectivity index (χ0n) is 6.88. The van der Waals surface area contributed by atoms with Crippen molar-refractivity contribution in [2.24, 2.45) is 0 Å². The van der Waals surface area contributed by atoms with Crippen molar-refractivity contribution in [2.75, 3.05) is 7.11 Å². The molecule has 13 heavy (non-hydrogen) atoms. The monoisotopic (exact) mass is 247 g/mol. The highest BCUT2D eigenvalue weighted by Crippen LogP contribution is 2.13. The van der Waals surface area contributed by atoms with Gasteiger partial charge >= 0.3 is 5.97 Å². The highest BCUT2D eigenvalue weighted by Gasteiger charge is 2.09. The molecule has 0 saturated heterocycles. The number of methoxy groups -OCH3 is 1. The molecule has 0 radical (unpaired) electrons. The molecule has 0 aromatic carbocycles. The average Bonchev–Trinajstić information content (AvgIpc) is 2.11. The number of esters is 1. The molecule has 70 valence electrons. The molecular formula is C8H7BrFNO2. The molecule has 1 aromatic rings. The average molecular weight is 248 g/mol. The number of halogens is 2. The minimum atomic E-state index is -0.645. The Kier molecular flexibility index (Phi) is 3.36. The number of pyridine rings is 1. The number of hydrogen-bond acceptors (Lipinski definition) is 3. The Balaban J connectivity index is 2.87. The van der Waals surface area contributed by atoms with Crippen molar-refractivity contribution in [3.05, 3.63) is 28.2 Å². The summed E-state index contributed by atoms with van der Waals surface area (Å²) in [6.45, 7) is 0. The topological polar surface area (TPSA) is 39.2 Å². The van der Waals surface area contributed by atoms with Gasteiger partial charge in [0.15, 0.2) is 0 Å². The summed E-state index contributed by atoms with van der Waals surface area (Å²) in [6.07, 6.45) is 1.23. The Morgan fingerprint density at radius 1 is 1.77 bits per heavy atom. The lowest BCUT2D eigenvalue weighted by Crippen LogP contribution is -2.07. The van der Waals surface area contributed by atoms with Gasteiger partial charge in [-0.1, -0.05) is 0 Å². The quantitative estimate of drug-likeness (QED) is 0.590. The first-order valence-electron chi connectivity index (χ1n) is 3.50. The van der Waals surface area contributed by atoms with E-state index in [0.717, 1.165) is 0 Å². The summed E-state index contributed by atoms with van der Waals surface area (Å²) in [4.78, 5) is 14.3. The normalized spacial score (nSPS) is 9.77. The lowest BCUT2D eigenvalue weighted by Gasteiger charge is -2.01. The number of nitrogens with zero attached hydrogens (tertiary/aromatic N) is 1. The van der Waals surface area contributed by atoms with E-state index in [-0.39, 0.29) is 12.0 Å². The predicted octanol–water partition coefficient (Wildman–Crippen LogP) is 1.70. The molecule has 0 bridgehead atoms. The summed E-state index contributed by atoms with van der Waals surface area (Å²) in [5.41, 5.74) is 0.223. The van der Waals surface area contributed by atoms with E-state index >= 15 is 0 Å². The zero-order valence-corrected chi connectivity index (χ0v) is 8.47.